The zero-order valence-electron chi connectivity index (χ0n) is 11.0. The van der Waals surface area contributed by atoms with E-state index in [4.69, 9.17) is 16.9 Å². The smallest absolute Gasteiger partial charge is 0.300 e. The lowest BCUT2D eigenvalue weighted by Crippen LogP contribution is -2.15. The van der Waals surface area contributed by atoms with Crippen molar-refractivity contribution in [1.82, 2.24) is 9.97 Å². The van der Waals surface area contributed by atoms with Gasteiger partial charge in [-0.3, -0.25) is 4.79 Å². The van der Waals surface area contributed by atoms with Crippen molar-refractivity contribution in [3.8, 4) is 17.3 Å². The number of benzene rings is 1. The molecule has 0 fully saturated rings. The van der Waals surface area contributed by atoms with Gasteiger partial charge in [0.05, 0.1) is 11.3 Å². The van der Waals surface area contributed by atoms with E-state index >= 15 is 0 Å². The summed E-state index contributed by atoms with van der Waals surface area (Å²) in [5, 5.41) is 9.07. The molecule has 0 saturated carbocycles. The third kappa shape index (κ3) is 3.26. The largest absolute Gasteiger partial charge is 0.416 e. The molecule has 0 radical (unpaired) electrons. The quantitative estimate of drug-likeness (QED) is 0.665. The Balaban J connectivity index is 2.77. The number of nitrogens with one attached hydrogen (secondary N) is 1. The second-order valence-corrected chi connectivity index (χ2v) is 5.37. The van der Waals surface area contributed by atoms with Crippen LogP contribution in [0.15, 0.2) is 28.2 Å². The van der Waals surface area contributed by atoms with Crippen molar-refractivity contribution in [2.45, 2.75) is 11.3 Å². The van der Waals surface area contributed by atoms with Gasteiger partial charge in [-0.1, -0.05) is 23.4 Å². The zero-order valence-corrected chi connectivity index (χ0v) is 12.5. The fourth-order valence-electron chi connectivity index (χ4n) is 1.75. The minimum Gasteiger partial charge on any atom is -0.300 e. The van der Waals surface area contributed by atoms with Crippen molar-refractivity contribution >= 4 is 23.4 Å². The number of nitriles is 1. The summed E-state index contributed by atoms with van der Waals surface area (Å²) in [4.78, 5) is 18.2. The number of aromatic nitrogens is 2. The lowest BCUT2D eigenvalue weighted by Gasteiger charge is -2.11. The van der Waals surface area contributed by atoms with E-state index in [1.54, 1.807) is 12.3 Å². The molecule has 0 aliphatic heterocycles. The van der Waals surface area contributed by atoms with E-state index in [-0.39, 0.29) is 27.0 Å². The van der Waals surface area contributed by atoms with Gasteiger partial charge in [0.25, 0.3) is 5.56 Å². The Bertz CT molecular complexity index is 827. The van der Waals surface area contributed by atoms with Gasteiger partial charge < -0.3 is 4.98 Å². The van der Waals surface area contributed by atoms with Crippen molar-refractivity contribution < 1.29 is 13.2 Å². The van der Waals surface area contributed by atoms with Gasteiger partial charge in [-0.05, 0) is 24.5 Å². The van der Waals surface area contributed by atoms with E-state index in [2.05, 4.69) is 9.97 Å². The first kappa shape index (κ1) is 16.4. The summed E-state index contributed by atoms with van der Waals surface area (Å²) in [6.45, 7) is 0. The van der Waals surface area contributed by atoms with Crippen molar-refractivity contribution in [1.29, 1.82) is 5.26 Å². The predicted octanol–water partition coefficient (Wildman–Crippen LogP) is 3.70. The van der Waals surface area contributed by atoms with Crippen molar-refractivity contribution in [2.75, 3.05) is 6.26 Å². The molecular weight excluding hydrogens is 339 g/mol. The molecule has 1 aromatic carbocycles. The van der Waals surface area contributed by atoms with Crippen LogP contribution in [0, 0.1) is 11.3 Å². The molecule has 0 bridgehead atoms. The van der Waals surface area contributed by atoms with Crippen LogP contribution in [0.4, 0.5) is 13.2 Å². The van der Waals surface area contributed by atoms with Crippen LogP contribution in [-0.4, -0.2) is 16.2 Å². The van der Waals surface area contributed by atoms with E-state index < -0.39 is 17.3 Å². The lowest BCUT2D eigenvalue weighted by molar-refractivity contribution is -0.137. The monoisotopic (exact) mass is 345 g/mol. The first-order valence-corrected chi connectivity index (χ1v) is 7.33. The molecule has 0 unspecified atom stereocenters. The summed E-state index contributed by atoms with van der Waals surface area (Å²) < 4.78 is 38.6. The molecule has 0 atom stereocenters. The Morgan fingerprint density at radius 1 is 1.36 bits per heavy atom. The molecule has 22 heavy (non-hydrogen) atoms. The third-order valence-electron chi connectivity index (χ3n) is 2.70. The number of alkyl halides is 3. The first-order chi connectivity index (χ1) is 10.3. The SMILES string of the molecule is CSc1nc(-c2cc(Cl)cc(C(F)(F)F)c2)c(C#N)c(=O)[nH]1. The number of halogens is 4. The highest BCUT2D eigenvalue weighted by molar-refractivity contribution is 7.98. The number of hydrogen-bond acceptors (Lipinski definition) is 4. The molecule has 0 saturated heterocycles. The number of thioether (sulfide) groups is 1. The predicted molar refractivity (Wildman–Crippen MR) is 76.8 cm³/mol. The molecule has 114 valence electrons. The van der Waals surface area contributed by atoms with E-state index in [0.717, 1.165) is 23.9 Å². The van der Waals surface area contributed by atoms with Gasteiger partial charge in [0.2, 0.25) is 0 Å². The standard InChI is InChI=1S/C13H7ClF3N3OS/c1-22-12-19-10(9(5-18)11(21)20-12)6-2-7(13(15,16)17)4-8(14)3-6/h2-4H,1H3,(H,19,20,21). The Morgan fingerprint density at radius 3 is 2.59 bits per heavy atom. The van der Waals surface area contributed by atoms with Crippen molar-refractivity contribution in [3.63, 3.8) is 0 Å². The average molecular weight is 346 g/mol. The van der Waals surface area contributed by atoms with Gasteiger partial charge in [0, 0.05) is 10.6 Å². The minimum atomic E-state index is -4.60. The van der Waals surface area contributed by atoms with E-state index in [0.29, 0.717) is 0 Å². The highest BCUT2D eigenvalue weighted by atomic mass is 35.5. The normalized spacial score (nSPS) is 11.3. The molecule has 9 heteroatoms. The highest BCUT2D eigenvalue weighted by Gasteiger charge is 2.31. The van der Waals surface area contributed by atoms with Crippen LogP contribution in [0.1, 0.15) is 11.1 Å². The Morgan fingerprint density at radius 2 is 2.05 bits per heavy atom. The maximum atomic E-state index is 12.9. The molecule has 0 spiro atoms. The van der Waals surface area contributed by atoms with Crippen molar-refractivity contribution in [3.05, 3.63) is 44.7 Å². The van der Waals surface area contributed by atoms with Gasteiger partial charge in [-0.2, -0.15) is 18.4 Å². The molecule has 1 heterocycles. The number of nitrogens with zero attached hydrogens (tertiary/aromatic N) is 2. The van der Waals surface area contributed by atoms with Gasteiger partial charge in [0.15, 0.2) is 5.16 Å². The maximum absolute atomic E-state index is 12.9. The second kappa shape index (κ2) is 6.02. The number of rotatable bonds is 2. The summed E-state index contributed by atoms with van der Waals surface area (Å²) in [7, 11) is 0. The molecule has 0 amide bonds. The maximum Gasteiger partial charge on any atom is 0.416 e. The van der Waals surface area contributed by atoms with Crippen molar-refractivity contribution in [2.24, 2.45) is 0 Å². The molecule has 1 aromatic heterocycles. The fraction of sp³-hybridized carbons (Fsp3) is 0.154. The zero-order chi connectivity index (χ0) is 16.5. The lowest BCUT2D eigenvalue weighted by atomic mass is 10.0. The minimum absolute atomic E-state index is 0.0437. The van der Waals surface area contributed by atoms with Crippen LogP contribution in [0.2, 0.25) is 5.02 Å². The summed E-state index contributed by atoms with van der Waals surface area (Å²) in [6, 6.07) is 4.45. The topological polar surface area (TPSA) is 69.5 Å². The third-order valence-corrected chi connectivity index (χ3v) is 3.50. The summed E-state index contributed by atoms with van der Waals surface area (Å²) in [5.74, 6) is 0. The van der Waals surface area contributed by atoms with Gasteiger partial charge in [-0.25, -0.2) is 4.98 Å². The Hall–Kier alpha value is -1.98. The molecule has 2 aromatic rings. The molecule has 0 aliphatic carbocycles. The van der Waals surface area contributed by atoms with Crippen LogP contribution in [0.5, 0.6) is 0 Å². The van der Waals surface area contributed by atoms with Crippen LogP contribution >= 0.6 is 23.4 Å². The Labute approximate surface area is 131 Å². The van der Waals surface area contributed by atoms with E-state index in [9.17, 15) is 18.0 Å². The van der Waals surface area contributed by atoms with Crippen LogP contribution < -0.4 is 5.56 Å². The average Bonchev–Trinajstić information content (AvgIpc) is 2.44. The molecule has 2 rings (SSSR count). The van der Waals surface area contributed by atoms with Gasteiger partial charge in [-0.15, -0.1) is 0 Å². The fourth-order valence-corrected chi connectivity index (χ4v) is 2.36. The number of H-pyrrole nitrogens is 1. The number of aromatic amines is 1. The van der Waals surface area contributed by atoms with Crippen LogP contribution in [0.25, 0.3) is 11.3 Å². The summed E-state index contributed by atoms with van der Waals surface area (Å²) in [5.41, 5.74) is -2.24. The molecule has 4 nitrogen and oxygen atoms in total. The number of hydrogen-bond donors (Lipinski definition) is 1. The van der Waals surface area contributed by atoms with E-state index in [1.165, 1.54) is 6.07 Å². The summed E-state index contributed by atoms with van der Waals surface area (Å²) in [6.07, 6.45) is -2.97. The van der Waals surface area contributed by atoms with Gasteiger partial charge in [0.1, 0.15) is 11.6 Å². The van der Waals surface area contributed by atoms with Crippen LogP contribution in [0.3, 0.4) is 0 Å². The second-order valence-electron chi connectivity index (χ2n) is 4.14. The molecule has 0 aliphatic rings. The first-order valence-electron chi connectivity index (χ1n) is 5.73. The summed E-state index contributed by atoms with van der Waals surface area (Å²) >= 11 is 6.81. The highest BCUT2D eigenvalue weighted by Crippen LogP contribution is 2.34. The van der Waals surface area contributed by atoms with Gasteiger partial charge >= 0.3 is 6.18 Å². The van der Waals surface area contributed by atoms with Crippen LogP contribution in [-0.2, 0) is 6.18 Å². The van der Waals surface area contributed by atoms with E-state index in [1.807, 2.05) is 0 Å². The molecule has 1 N–H and O–H groups in total. The Kier molecular flexibility index (Phi) is 4.49. The molecular formula is C13H7ClF3N3OS.